The van der Waals surface area contributed by atoms with Crippen LogP contribution in [0.3, 0.4) is 0 Å². The van der Waals surface area contributed by atoms with Crippen molar-refractivity contribution in [1.29, 1.82) is 0 Å². The van der Waals surface area contributed by atoms with Gasteiger partial charge in [0.05, 0.1) is 12.6 Å². The Bertz CT molecular complexity index is 421. The number of hydrogen-bond donors (Lipinski definition) is 0. The first-order valence-corrected chi connectivity index (χ1v) is 8.43. The van der Waals surface area contributed by atoms with Crippen LogP contribution in [0.1, 0.15) is 19.8 Å². The smallest absolute Gasteiger partial charge is 0.230 e. The number of rotatable bonds is 6. The number of thioether (sulfide) groups is 1. The van der Waals surface area contributed by atoms with Crippen molar-refractivity contribution >= 4 is 23.4 Å². The van der Waals surface area contributed by atoms with E-state index < -0.39 is 0 Å². The minimum atomic E-state index is 0.0135. The number of hydrogen-bond acceptors (Lipinski definition) is 4. The third kappa shape index (κ3) is 3.96. The Hall–Kier alpha value is -1.07. The molecular formula is C15H22N2O2S. The van der Waals surface area contributed by atoms with Crippen molar-refractivity contribution in [3.8, 4) is 0 Å². The highest BCUT2D eigenvalue weighted by Gasteiger charge is 2.26. The molecule has 1 aromatic heterocycles. The van der Waals surface area contributed by atoms with Crippen LogP contribution in [0.25, 0.3) is 0 Å². The van der Waals surface area contributed by atoms with Crippen LogP contribution in [0.4, 0.5) is 5.69 Å². The molecule has 1 aromatic rings. The molecule has 20 heavy (non-hydrogen) atoms. The summed E-state index contributed by atoms with van der Waals surface area (Å²) >= 11 is 1.70. The number of aromatic nitrogens is 1. The fourth-order valence-corrected chi connectivity index (χ4v) is 3.07. The molecule has 2 heterocycles. The van der Waals surface area contributed by atoms with Crippen LogP contribution in [0.2, 0.25) is 0 Å². The molecule has 1 amide bonds. The van der Waals surface area contributed by atoms with E-state index in [1.54, 1.807) is 24.2 Å². The van der Waals surface area contributed by atoms with Crippen LogP contribution >= 0.6 is 11.8 Å². The van der Waals surface area contributed by atoms with Crippen molar-refractivity contribution in [3.63, 3.8) is 0 Å². The number of nitrogens with zero attached hydrogens (tertiary/aromatic N) is 2. The molecule has 110 valence electrons. The van der Waals surface area contributed by atoms with Gasteiger partial charge in [-0.2, -0.15) is 11.8 Å². The SMILES string of the molecule is CSC[C@H](C)C(=O)N(C[C@@H]1CCCO1)c1ccncc1. The van der Waals surface area contributed by atoms with E-state index in [0.717, 1.165) is 30.9 Å². The van der Waals surface area contributed by atoms with Crippen LogP contribution < -0.4 is 4.90 Å². The summed E-state index contributed by atoms with van der Waals surface area (Å²) in [6, 6.07) is 3.78. The lowest BCUT2D eigenvalue weighted by Gasteiger charge is -2.28. The van der Waals surface area contributed by atoms with E-state index in [4.69, 9.17) is 4.74 Å². The predicted molar refractivity (Wildman–Crippen MR) is 83.1 cm³/mol. The zero-order valence-electron chi connectivity index (χ0n) is 12.1. The summed E-state index contributed by atoms with van der Waals surface area (Å²) in [5.74, 6) is 1.02. The summed E-state index contributed by atoms with van der Waals surface area (Å²) in [5, 5.41) is 0. The minimum absolute atomic E-state index is 0.0135. The van der Waals surface area contributed by atoms with E-state index in [1.807, 2.05) is 30.2 Å². The molecule has 0 radical (unpaired) electrons. The molecule has 0 unspecified atom stereocenters. The zero-order valence-corrected chi connectivity index (χ0v) is 12.9. The van der Waals surface area contributed by atoms with E-state index >= 15 is 0 Å². The topological polar surface area (TPSA) is 42.4 Å². The second kappa shape index (κ2) is 7.64. The first kappa shape index (κ1) is 15.3. The monoisotopic (exact) mass is 294 g/mol. The molecule has 0 saturated carbocycles. The second-order valence-electron chi connectivity index (χ2n) is 5.15. The number of carbonyl (C=O) groups excluding carboxylic acids is 1. The first-order valence-electron chi connectivity index (χ1n) is 7.04. The van der Waals surface area contributed by atoms with E-state index in [1.165, 1.54) is 0 Å². The first-order chi connectivity index (χ1) is 9.72. The Balaban J connectivity index is 2.12. The average molecular weight is 294 g/mol. The van der Waals surface area contributed by atoms with Crippen molar-refractivity contribution in [1.82, 2.24) is 4.98 Å². The van der Waals surface area contributed by atoms with Crippen LogP contribution in [-0.4, -0.2) is 42.2 Å². The molecule has 0 spiro atoms. The Morgan fingerprint density at radius 3 is 2.90 bits per heavy atom. The predicted octanol–water partition coefficient (Wildman–Crippen LogP) is 2.59. The third-order valence-electron chi connectivity index (χ3n) is 3.49. The number of ether oxygens (including phenoxy) is 1. The summed E-state index contributed by atoms with van der Waals surface area (Å²) < 4.78 is 5.68. The van der Waals surface area contributed by atoms with Crippen LogP contribution in [-0.2, 0) is 9.53 Å². The van der Waals surface area contributed by atoms with Gasteiger partial charge in [-0.1, -0.05) is 6.92 Å². The molecule has 2 atom stereocenters. The standard InChI is InChI=1S/C15H22N2O2S/c1-12(11-20-2)15(18)17(10-14-4-3-9-19-14)13-5-7-16-8-6-13/h5-8,12,14H,3-4,9-11H2,1-2H3/t12-,14-/m0/s1. The molecule has 4 nitrogen and oxygen atoms in total. The quantitative estimate of drug-likeness (QED) is 0.809. The Kier molecular flexibility index (Phi) is 5.86. The number of amides is 1. The molecule has 1 aliphatic heterocycles. The normalized spacial score (nSPS) is 19.8. The van der Waals surface area contributed by atoms with E-state index in [9.17, 15) is 4.79 Å². The summed E-state index contributed by atoms with van der Waals surface area (Å²) in [4.78, 5) is 18.5. The molecule has 2 rings (SSSR count). The van der Waals surface area contributed by atoms with Gasteiger partial charge in [-0.15, -0.1) is 0 Å². The van der Waals surface area contributed by atoms with Gasteiger partial charge < -0.3 is 9.64 Å². The lowest BCUT2D eigenvalue weighted by Crippen LogP contribution is -2.41. The summed E-state index contributed by atoms with van der Waals surface area (Å²) in [7, 11) is 0. The molecule has 0 aliphatic carbocycles. The number of carbonyl (C=O) groups is 1. The van der Waals surface area contributed by atoms with Gasteiger partial charge in [-0.25, -0.2) is 0 Å². The summed E-state index contributed by atoms with van der Waals surface area (Å²) in [6.45, 7) is 3.44. The lowest BCUT2D eigenvalue weighted by molar-refractivity contribution is -0.121. The average Bonchev–Trinajstić information content (AvgIpc) is 2.98. The van der Waals surface area contributed by atoms with Crippen molar-refractivity contribution in [2.75, 3.05) is 30.1 Å². The van der Waals surface area contributed by atoms with Crippen molar-refractivity contribution in [2.45, 2.75) is 25.9 Å². The van der Waals surface area contributed by atoms with Gasteiger partial charge in [0.15, 0.2) is 0 Å². The van der Waals surface area contributed by atoms with Crippen molar-refractivity contribution < 1.29 is 9.53 Å². The van der Waals surface area contributed by atoms with Gasteiger partial charge in [-0.05, 0) is 31.2 Å². The van der Waals surface area contributed by atoms with Crippen LogP contribution in [0.15, 0.2) is 24.5 Å². The fourth-order valence-electron chi connectivity index (χ4n) is 2.43. The maximum Gasteiger partial charge on any atom is 0.230 e. The maximum atomic E-state index is 12.7. The molecule has 0 N–H and O–H groups in total. The van der Waals surface area contributed by atoms with E-state index in [-0.39, 0.29) is 17.9 Å². The molecule has 5 heteroatoms. The second-order valence-corrected chi connectivity index (χ2v) is 6.06. The lowest BCUT2D eigenvalue weighted by atomic mass is 10.1. The maximum absolute atomic E-state index is 12.7. The minimum Gasteiger partial charge on any atom is -0.376 e. The van der Waals surface area contributed by atoms with Crippen LogP contribution in [0, 0.1) is 5.92 Å². The molecule has 0 aromatic carbocycles. The van der Waals surface area contributed by atoms with Gasteiger partial charge in [-0.3, -0.25) is 9.78 Å². The molecular weight excluding hydrogens is 272 g/mol. The molecule has 1 fully saturated rings. The highest BCUT2D eigenvalue weighted by Crippen LogP contribution is 2.21. The Morgan fingerprint density at radius 2 is 2.30 bits per heavy atom. The van der Waals surface area contributed by atoms with Gasteiger partial charge in [0.2, 0.25) is 5.91 Å². The van der Waals surface area contributed by atoms with Gasteiger partial charge in [0.1, 0.15) is 0 Å². The van der Waals surface area contributed by atoms with Crippen molar-refractivity contribution in [2.24, 2.45) is 5.92 Å². The van der Waals surface area contributed by atoms with Gasteiger partial charge in [0, 0.05) is 36.4 Å². The van der Waals surface area contributed by atoms with Gasteiger partial charge >= 0.3 is 0 Å². The molecule has 1 saturated heterocycles. The Morgan fingerprint density at radius 1 is 1.55 bits per heavy atom. The largest absolute Gasteiger partial charge is 0.376 e. The molecule has 1 aliphatic rings. The molecule has 0 bridgehead atoms. The summed E-state index contributed by atoms with van der Waals surface area (Å²) in [6.07, 6.45) is 7.76. The highest BCUT2D eigenvalue weighted by molar-refractivity contribution is 7.98. The third-order valence-corrected chi connectivity index (χ3v) is 4.32. The Labute approximate surface area is 124 Å². The van der Waals surface area contributed by atoms with Crippen LogP contribution in [0.5, 0.6) is 0 Å². The van der Waals surface area contributed by atoms with Gasteiger partial charge in [0.25, 0.3) is 0 Å². The summed E-state index contributed by atoms with van der Waals surface area (Å²) in [5.41, 5.74) is 0.911. The fraction of sp³-hybridized carbons (Fsp3) is 0.600. The number of anilines is 1. The van der Waals surface area contributed by atoms with E-state index in [2.05, 4.69) is 4.98 Å². The zero-order chi connectivity index (χ0) is 14.4. The number of pyridine rings is 1. The highest BCUT2D eigenvalue weighted by atomic mass is 32.2. The van der Waals surface area contributed by atoms with E-state index in [0.29, 0.717) is 6.54 Å². The van der Waals surface area contributed by atoms with Crippen molar-refractivity contribution in [3.05, 3.63) is 24.5 Å².